The second-order valence-electron chi connectivity index (χ2n) is 4.45. The Balaban J connectivity index is 2.28. The monoisotopic (exact) mass is 230 g/mol. The first kappa shape index (κ1) is 13.3. The van der Waals surface area contributed by atoms with Crippen LogP contribution in [-0.4, -0.2) is 48.6 Å². The first-order valence-electron chi connectivity index (χ1n) is 6.30. The summed E-state index contributed by atoms with van der Waals surface area (Å²) in [6, 6.07) is 1.55. The largest absolute Gasteiger partial charge is 0.315 e. The van der Waals surface area contributed by atoms with Gasteiger partial charge in [0.15, 0.2) is 0 Å². The second kappa shape index (κ2) is 7.53. The van der Waals surface area contributed by atoms with Gasteiger partial charge in [0, 0.05) is 24.4 Å². The fraction of sp³-hybridized carbons (Fsp3) is 1.00. The third kappa shape index (κ3) is 4.33. The summed E-state index contributed by atoms with van der Waals surface area (Å²) in [5.41, 5.74) is 0. The molecular weight excluding hydrogens is 204 g/mol. The highest BCUT2D eigenvalue weighted by Gasteiger charge is 2.24. The maximum atomic E-state index is 3.54. The van der Waals surface area contributed by atoms with Crippen LogP contribution in [0.2, 0.25) is 0 Å². The van der Waals surface area contributed by atoms with Crippen LogP contribution in [0.1, 0.15) is 33.1 Å². The number of hydrogen-bond donors (Lipinski definition) is 1. The van der Waals surface area contributed by atoms with Gasteiger partial charge in [-0.3, -0.25) is 4.90 Å². The first-order valence-corrected chi connectivity index (χ1v) is 7.45. The summed E-state index contributed by atoms with van der Waals surface area (Å²) < 4.78 is 0. The molecule has 3 heteroatoms. The second-order valence-corrected chi connectivity index (χ2v) is 5.60. The Morgan fingerprint density at radius 2 is 2.27 bits per heavy atom. The zero-order valence-electron chi connectivity index (χ0n) is 10.5. The van der Waals surface area contributed by atoms with Gasteiger partial charge in [0.05, 0.1) is 0 Å². The van der Waals surface area contributed by atoms with Crippen molar-refractivity contribution in [3.05, 3.63) is 0 Å². The van der Waals surface area contributed by atoms with Crippen molar-refractivity contribution in [3.63, 3.8) is 0 Å². The first-order chi connectivity index (χ1) is 7.29. The van der Waals surface area contributed by atoms with E-state index in [2.05, 4.69) is 42.9 Å². The molecule has 0 bridgehead atoms. The lowest BCUT2D eigenvalue weighted by Crippen LogP contribution is -2.45. The van der Waals surface area contributed by atoms with Crippen molar-refractivity contribution in [1.82, 2.24) is 10.2 Å². The van der Waals surface area contributed by atoms with Crippen molar-refractivity contribution in [1.29, 1.82) is 0 Å². The molecule has 2 unspecified atom stereocenters. The van der Waals surface area contributed by atoms with Crippen LogP contribution in [0, 0.1) is 0 Å². The van der Waals surface area contributed by atoms with Crippen LogP contribution in [0.4, 0.5) is 0 Å². The standard InChI is InChI=1S/C12H26N2S/c1-4-7-13-9-11(5-2)14(3)12-6-8-15-10-12/h11-13H,4-10H2,1-3H3. The fourth-order valence-electron chi connectivity index (χ4n) is 2.16. The van der Waals surface area contributed by atoms with Gasteiger partial charge in [-0.15, -0.1) is 0 Å². The number of nitrogens with one attached hydrogen (secondary N) is 1. The molecule has 0 spiro atoms. The smallest absolute Gasteiger partial charge is 0.0218 e. The van der Waals surface area contributed by atoms with Crippen LogP contribution in [0.15, 0.2) is 0 Å². The van der Waals surface area contributed by atoms with Crippen molar-refractivity contribution >= 4 is 11.8 Å². The van der Waals surface area contributed by atoms with Crippen molar-refractivity contribution in [2.24, 2.45) is 0 Å². The number of hydrogen-bond acceptors (Lipinski definition) is 3. The van der Waals surface area contributed by atoms with E-state index in [9.17, 15) is 0 Å². The number of nitrogens with zero attached hydrogens (tertiary/aromatic N) is 1. The summed E-state index contributed by atoms with van der Waals surface area (Å²) in [5, 5.41) is 3.54. The van der Waals surface area contributed by atoms with Crippen LogP contribution >= 0.6 is 11.8 Å². The molecule has 2 atom stereocenters. The molecule has 1 aliphatic rings. The molecule has 1 N–H and O–H groups in total. The Morgan fingerprint density at radius 1 is 1.47 bits per heavy atom. The molecular formula is C12H26N2S. The zero-order valence-corrected chi connectivity index (χ0v) is 11.3. The van der Waals surface area contributed by atoms with E-state index in [0.29, 0.717) is 0 Å². The third-order valence-electron chi connectivity index (χ3n) is 3.34. The van der Waals surface area contributed by atoms with E-state index in [1.54, 1.807) is 0 Å². The number of likely N-dealkylation sites (N-methyl/N-ethyl adjacent to an activating group) is 1. The average molecular weight is 230 g/mol. The molecule has 90 valence electrons. The predicted molar refractivity (Wildman–Crippen MR) is 70.7 cm³/mol. The molecule has 0 saturated carbocycles. The lowest BCUT2D eigenvalue weighted by molar-refractivity contribution is 0.178. The van der Waals surface area contributed by atoms with E-state index in [1.807, 2.05) is 0 Å². The summed E-state index contributed by atoms with van der Waals surface area (Å²) in [7, 11) is 2.30. The van der Waals surface area contributed by atoms with Gasteiger partial charge >= 0.3 is 0 Å². The Hall–Kier alpha value is 0.270. The Labute approximate surface area is 99.2 Å². The van der Waals surface area contributed by atoms with Crippen molar-refractivity contribution < 1.29 is 0 Å². The van der Waals surface area contributed by atoms with Gasteiger partial charge in [0.1, 0.15) is 0 Å². The molecule has 0 amide bonds. The lowest BCUT2D eigenvalue weighted by Gasteiger charge is -2.32. The average Bonchev–Trinajstić information content (AvgIpc) is 2.77. The highest BCUT2D eigenvalue weighted by atomic mass is 32.2. The lowest BCUT2D eigenvalue weighted by atomic mass is 10.1. The molecule has 0 aromatic rings. The molecule has 15 heavy (non-hydrogen) atoms. The molecule has 0 aromatic carbocycles. The zero-order chi connectivity index (χ0) is 11.1. The van der Waals surface area contributed by atoms with Crippen molar-refractivity contribution in [2.75, 3.05) is 31.6 Å². The minimum absolute atomic E-state index is 0.722. The summed E-state index contributed by atoms with van der Waals surface area (Å²) in [4.78, 5) is 2.60. The Kier molecular flexibility index (Phi) is 6.69. The van der Waals surface area contributed by atoms with E-state index in [4.69, 9.17) is 0 Å². The molecule has 0 aliphatic carbocycles. The minimum atomic E-state index is 0.722. The van der Waals surface area contributed by atoms with Crippen LogP contribution in [0.5, 0.6) is 0 Å². The Morgan fingerprint density at radius 3 is 2.80 bits per heavy atom. The van der Waals surface area contributed by atoms with Gasteiger partial charge in [0.2, 0.25) is 0 Å². The van der Waals surface area contributed by atoms with Crippen molar-refractivity contribution in [3.8, 4) is 0 Å². The topological polar surface area (TPSA) is 15.3 Å². The summed E-state index contributed by atoms with van der Waals surface area (Å²) >= 11 is 2.10. The summed E-state index contributed by atoms with van der Waals surface area (Å²) in [6.07, 6.45) is 3.87. The molecule has 1 heterocycles. The van der Waals surface area contributed by atoms with E-state index in [0.717, 1.165) is 25.2 Å². The van der Waals surface area contributed by atoms with Gasteiger partial charge < -0.3 is 5.32 Å². The SMILES string of the molecule is CCCNCC(CC)N(C)C1CCSC1. The number of rotatable bonds is 7. The van der Waals surface area contributed by atoms with E-state index in [1.165, 1.54) is 30.8 Å². The van der Waals surface area contributed by atoms with Gasteiger partial charge in [0.25, 0.3) is 0 Å². The normalized spacial score (nSPS) is 23.6. The molecule has 2 nitrogen and oxygen atoms in total. The quantitative estimate of drug-likeness (QED) is 0.675. The molecule has 1 aliphatic heterocycles. The maximum Gasteiger partial charge on any atom is 0.0218 e. The molecule has 1 saturated heterocycles. The highest BCUT2D eigenvalue weighted by Crippen LogP contribution is 2.23. The Bertz CT molecular complexity index is 158. The molecule has 0 aromatic heterocycles. The van der Waals surface area contributed by atoms with Gasteiger partial charge in [-0.1, -0.05) is 13.8 Å². The van der Waals surface area contributed by atoms with Crippen molar-refractivity contribution in [2.45, 2.75) is 45.2 Å². The van der Waals surface area contributed by atoms with Gasteiger partial charge in [-0.2, -0.15) is 11.8 Å². The highest BCUT2D eigenvalue weighted by molar-refractivity contribution is 7.99. The minimum Gasteiger partial charge on any atom is -0.315 e. The van der Waals surface area contributed by atoms with Gasteiger partial charge in [-0.25, -0.2) is 0 Å². The number of thioether (sulfide) groups is 1. The van der Waals surface area contributed by atoms with E-state index < -0.39 is 0 Å². The molecule has 1 rings (SSSR count). The van der Waals surface area contributed by atoms with E-state index in [-0.39, 0.29) is 0 Å². The summed E-state index contributed by atoms with van der Waals surface area (Å²) in [5.74, 6) is 2.69. The summed E-state index contributed by atoms with van der Waals surface area (Å²) in [6.45, 7) is 6.84. The molecule has 1 fully saturated rings. The molecule has 0 radical (unpaired) electrons. The third-order valence-corrected chi connectivity index (χ3v) is 4.48. The fourth-order valence-corrected chi connectivity index (χ4v) is 3.44. The van der Waals surface area contributed by atoms with E-state index >= 15 is 0 Å². The van der Waals surface area contributed by atoms with Crippen LogP contribution in [0.3, 0.4) is 0 Å². The van der Waals surface area contributed by atoms with Crippen LogP contribution in [-0.2, 0) is 0 Å². The van der Waals surface area contributed by atoms with Crippen LogP contribution in [0.25, 0.3) is 0 Å². The predicted octanol–water partition coefficient (Wildman–Crippen LogP) is 2.20. The van der Waals surface area contributed by atoms with Crippen LogP contribution < -0.4 is 5.32 Å². The van der Waals surface area contributed by atoms with Gasteiger partial charge in [-0.05, 0) is 38.6 Å². The maximum absolute atomic E-state index is 3.54.